The van der Waals surface area contributed by atoms with Crippen LogP contribution in [0.4, 0.5) is 4.39 Å². The molecule has 5 nitrogen and oxygen atoms in total. The van der Waals surface area contributed by atoms with Gasteiger partial charge in [-0.05, 0) is 52.7 Å². The van der Waals surface area contributed by atoms with E-state index in [0.717, 1.165) is 40.2 Å². The second-order valence-corrected chi connectivity index (χ2v) is 16.0. The second kappa shape index (κ2) is 9.01. The molecule has 0 fully saturated rings. The van der Waals surface area contributed by atoms with Gasteiger partial charge in [0.05, 0.1) is 18.8 Å². The SMILES string of the molecule is COc1cc(F)c2oc(-c3ccc4c(cnn4COCC[Si](C)(C)C)c3)c(-c3ccsc3)c2c1. The van der Waals surface area contributed by atoms with Crippen molar-refractivity contribution in [3.8, 4) is 28.2 Å². The summed E-state index contributed by atoms with van der Waals surface area (Å²) >= 11 is 1.59. The molecular formula is C26H27FN2O3SSi. The Labute approximate surface area is 202 Å². The summed E-state index contributed by atoms with van der Waals surface area (Å²) in [5, 5.41) is 10.2. The number of hydrogen-bond donors (Lipinski definition) is 0. The molecule has 0 aliphatic heterocycles. The molecule has 0 amide bonds. The molecular weight excluding hydrogens is 467 g/mol. The van der Waals surface area contributed by atoms with E-state index in [-0.39, 0.29) is 5.58 Å². The van der Waals surface area contributed by atoms with Gasteiger partial charge in [-0.15, -0.1) is 0 Å². The van der Waals surface area contributed by atoms with Crippen molar-refractivity contribution in [2.24, 2.45) is 0 Å². The number of halogens is 1. The van der Waals surface area contributed by atoms with E-state index in [2.05, 4.69) is 24.7 Å². The molecule has 0 saturated carbocycles. The maximum absolute atomic E-state index is 14.9. The van der Waals surface area contributed by atoms with Gasteiger partial charge >= 0.3 is 0 Å². The van der Waals surface area contributed by atoms with Gasteiger partial charge in [0.15, 0.2) is 11.4 Å². The Kier molecular flexibility index (Phi) is 6.05. The highest BCUT2D eigenvalue weighted by molar-refractivity contribution is 7.08. The lowest BCUT2D eigenvalue weighted by molar-refractivity contribution is 0.0817. The Morgan fingerprint density at radius 3 is 2.71 bits per heavy atom. The number of methoxy groups -OCH3 is 1. The van der Waals surface area contributed by atoms with Gasteiger partial charge in [0.2, 0.25) is 0 Å². The van der Waals surface area contributed by atoms with Crippen LogP contribution in [0.5, 0.6) is 5.75 Å². The Hall–Kier alpha value is -2.94. The van der Waals surface area contributed by atoms with Crippen LogP contribution in [-0.2, 0) is 11.5 Å². The molecule has 0 bridgehead atoms. The first-order valence-electron chi connectivity index (χ1n) is 11.2. The third-order valence-corrected chi connectivity index (χ3v) is 8.26. The zero-order valence-electron chi connectivity index (χ0n) is 19.7. The standard InChI is InChI=1S/C26H27FN2O3SSi/c1-30-20-12-21-24(18-7-9-33-15-18)25(32-26(21)22(27)13-20)17-5-6-23-19(11-17)14-28-29(23)16-31-8-10-34(2,3)4/h5-7,9,11-15H,8,10,16H2,1-4H3. The van der Waals surface area contributed by atoms with E-state index in [4.69, 9.17) is 13.9 Å². The van der Waals surface area contributed by atoms with E-state index in [1.54, 1.807) is 11.3 Å². The highest BCUT2D eigenvalue weighted by atomic mass is 32.1. The number of rotatable bonds is 8. The summed E-state index contributed by atoms with van der Waals surface area (Å²) in [5.74, 6) is 0.641. The third-order valence-electron chi connectivity index (χ3n) is 5.88. The summed E-state index contributed by atoms with van der Waals surface area (Å²) in [6.07, 6.45) is 1.83. The average Bonchev–Trinajstić information content (AvgIpc) is 3.53. The molecule has 176 valence electrons. The first kappa shape index (κ1) is 22.8. The molecule has 0 aliphatic carbocycles. The van der Waals surface area contributed by atoms with Crippen molar-refractivity contribution in [3.05, 3.63) is 59.2 Å². The van der Waals surface area contributed by atoms with Crippen molar-refractivity contribution in [1.82, 2.24) is 9.78 Å². The average molecular weight is 495 g/mol. The van der Waals surface area contributed by atoms with Crippen LogP contribution in [0.15, 0.2) is 57.8 Å². The van der Waals surface area contributed by atoms with E-state index < -0.39 is 13.9 Å². The minimum Gasteiger partial charge on any atom is -0.497 e. The zero-order chi connectivity index (χ0) is 23.9. The summed E-state index contributed by atoms with van der Waals surface area (Å²) in [7, 11) is 0.404. The van der Waals surface area contributed by atoms with E-state index >= 15 is 0 Å². The van der Waals surface area contributed by atoms with Crippen LogP contribution in [-0.4, -0.2) is 31.6 Å². The largest absolute Gasteiger partial charge is 0.497 e. The summed E-state index contributed by atoms with van der Waals surface area (Å²) in [4.78, 5) is 0. The molecule has 8 heteroatoms. The Bertz CT molecular complexity index is 1450. The van der Waals surface area contributed by atoms with Crippen molar-refractivity contribution < 1.29 is 18.3 Å². The maximum Gasteiger partial charge on any atom is 0.171 e. The molecule has 34 heavy (non-hydrogen) atoms. The monoisotopic (exact) mass is 494 g/mol. The molecule has 0 radical (unpaired) electrons. The lowest BCUT2D eigenvalue weighted by atomic mass is 10.00. The number of thiophene rings is 1. The smallest absolute Gasteiger partial charge is 0.171 e. The molecule has 3 aromatic heterocycles. The summed E-state index contributed by atoms with van der Waals surface area (Å²) in [6.45, 7) is 8.18. The molecule has 2 aromatic carbocycles. The first-order chi connectivity index (χ1) is 16.3. The fourth-order valence-electron chi connectivity index (χ4n) is 4.01. The molecule has 0 saturated heterocycles. The van der Waals surface area contributed by atoms with E-state index in [0.29, 0.717) is 23.6 Å². The summed E-state index contributed by atoms with van der Waals surface area (Å²) < 4.78 is 34.1. The molecule has 5 rings (SSSR count). The minimum absolute atomic E-state index is 0.226. The number of ether oxygens (including phenoxy) is 2. The molecule has 0 atom stereocenters. The zero-order valence-corrected chi connectivity index (χ0v) is 21.5. The number of furan rings is 1. The number of hydrogen-bond acceptors (Lipinski definition) is 5. The van der Waals surface area contributed by atoms with Gasteiger partial charge in [-0.25, -0.2) is 9.07 Å². The van der Waals surface area contributed by atoms with Crippen molar-refractivity contribution in [1.29, 1.82) is 0 Å². The number of nitrogens with zero attached hydrogens (tertiary/aromatic N) is 2. The highest BCUT2D eigenvalue weighted by Gasteiger charge is 2.22. The van der Waals surface area contributed by atoms with E-state index in [1.165, 1.54) is 13.2 Å². The Morgan fingerprint density at radius 1 is 1.12 bits per heavy atom. The fraction of sp³-hybridized carbons (Fsp3) is 0.269. The summed E-state index contributed by atoms with van der Waals surface area (Å²) in [6, 6.07) is 12.4. The molecule has 0 spiro atoms. The Balaban J connectivity index is 1.53. The predicted molar refractivity (Wildman–Crippen MR) is 139 cm³/mol. The Morgan fingerprint density at radius 2 is 1.97 bits per heavy atom. The minimum atomic E-state index is -1.13. The van der Waals surface area contributed by atoms with Crippen molar-refractivity contribution >= 4 is 41.3 Å². The summed E-state index contributed by atoms with van der Waals surface area (Å²) in [5.41, 5.74) is 3.91. The van der Waals surface area contributed by atoms with Gasteiger partial charge in [-0.1, -0.05) is 19.6 Å². The predicted octanol–water partition coefficient (Wildman–Crippen LogP) is 7.64. The van der Waals surface area contributed by atoms with Crippen molar-refractivity contribution in [2.75, 3.05) is 13.7 Å². The van der Waals surface area contributed by atoms with E-state index in [1.807, 2.05) is 52.0 Å². The maximum atomic E-state index is 14.9. The van der Waals surface area contributed by atoms with Crippen LogP contribution in [0.1, 0.15) is 0 Å². The van der Waals surface area contributed by atoms with Gasteiger partial charge in [0.25, 0.3) is 0 Å². The molecule has 0 aliphatic rings. The van der Waals surface area contributed by atoms with Gasteiger partial charge in [-0.3, -0.25) is 0 Å². The lowest BCUT2D eigenvalue weighted by Crippen LogP contribution is -2.22. The topological polar surface area (TPSA) is 49.4 Å². The van der Waals surface area contributed by atoms with Gasteiger partial charge in [0.1, 0.15) is 18.2 Å². The number of fused-ring (bicyclic) bond motifs is 2. The van der Waals surface area contributed by atoms with Gasteiger partial charge in [0, 0.05) is 42.6 Å². The number of aromatic nitrogens is 2. The fourth-order valence-corrected chi connectivity index (χ4v) is 5.41. The molecule has 0 unspecified atom stereocenters. The second-order valence-electron chi connectivity index (χ2n) is 9.57. The van der Waals surface area contributed by atoms with Gasteiger partial charge in [-0.2, -0.15) is 16.4 Å². The van der Waals surface area contributed by atoms with Crippen LogP contribution in [0, 0.1) is 5.82 Å². The van der Waals surface area contributed by atoms with Crippen LogP contribution in [0.2, 0.25) is 25.7 Å². The van der Waals surface area contributed by atoms with Crippen LogP contribution >= 0.6 is 11.3 Å². The van der Waals surface area contributed by atoms with Crippen LogP contribution in [0.3, 0.4) is 0 Å². The van der Waals surface area contributed by atoms with Crippen LogP contribution in [0.25, 0.3) is 44.3 Å². The quantitative estimate of drug-likeness (QED) is 0.164. The van der Waals surface area contributed by atoms with E-state index in [9.17, 15) is 4.39 Å². The highest BCUT2D eigenvalue weighted by Crippen LogP contribution is 2.44. The van der Waals surface area contributed by atoms with Gasteiger partial charge < -0.3 is 13.9 Å². The van der Waals surface area contributed by atoms with Crippen molar-refractivity contribution in [3.63, 3.8) is 0 Å². The normalized spacial score (nSPS) is 12.1. The van der Waals surface area contributed by atoms with Crippen molar-refractivity contribution in [2.45, 2.75) is 32.4 Å². The third kappa shape index (κ3) is 4.41. The number of benzene rings is 2. The molecule has 3 heterocycles. The first-order valence-corrected chi connectivity index (χ1v) is 15.9. The molecule has 5 aromatic rings. The molecule has 0 N–H and O–H groups in total. The van der Waals surface area contributed by atoms with Crippen LogP contribution < -0.4 is 4.74 Å². The lowest BCUT2D eigenvalue weighted by Gasteiger charge is -2.15.